The Morgan fingerprint density at radius 3 is 2.38 bits per heavy atom. The first-order chi connectivity index (χ1) is 9.93. The number of hydrogen-bond donors (Lipinski definition) is 3. The van der Waals surface area contributed by atoms with E-state index in [1.807, 2.05) is 0 Å². The van der Waals surface area contributed by atoms with E-state index in [1.165, 1.54) is 16.9 Å². The van der Waals surface area contributed by atoms with Gasteiger partial charge in [0.15, 0.2) is 0 Å². The highest BCUT2D eigenvalue weighted by atomic mass is 16.5. The van der Waals surface area contributed by atoms with Crippen molar-refractivity contribution in [2.45, 2.75) is 13.8 Å². The number of Topliss-reactive ketones (excluding diaryl/α,β-unsaturated/α-hetero) is 1. The van der Waals surface area contributed by atoms with Gasteiger partial charge in [-0.05, 0) is 19.4 Å². The fourth-order valence-electron chi connectivity index (χ4n) is 2.96. The lowest BCUT2D eigenvalue weighted by Crippen LogP contribution is -3.27. The van der Waals surface area contributed by atoms with Crippen LogP contribution in [-0.4, -0.2) is 63.6 Å². The van der Waals surface area contributed by atoms with Crippen molar-refractivity contribution in [3.63, 3.8) is 0 Å². The first-order valence-electron chi connectivity index (χ1n) is 7.39. The van der Waals surface area contributed by atoms with Crippen molar-refractivity contribution < 1.29 is 24.1 Å². The van der Waals surface area contributed by atoms with Gasteiger partial charge in [0.25, 0.3) is 0 Å². The second-order valence-corrected chi connectivity index (χ2v) is 5.92. The molecule has 2 heterocycles. The molecule has 0 radical (unpaired) electrons. The smallest absolute Gasteiger partial charge is 0.339 e. The zero-order chi connectivity index (χ0) is 15.6. The maximum atomic E-state index is 12.5. The number of esters is 1. The summed E-state index contributed by atoms with van der Waals surface area (Å²) in [5.74, 6) is -0.323. The number of ketones is 1. The van der Waals surface area contributed by atoms with Crippen molar-refractivity contribution in [2.75, 3.05) is 46.9 Å². The Hall–Kier alpha value is -1.66. The molecule has 21 heavy (non-hydrogen) atoms. The van der Waals surface area contributed by atoms with Crippen LogP contribution in [0.5, 0.6) is 0 Å². The van der Waals surface area contributed by atoms with Crippen LogP contribution >= 0.6 is 0 Å². The van der Waals surface area contributed by atoms with Crippen LogP contribution in [0.1, 0.15) is 32.1 Å². The number of carbonyl (C=O) groups excluding carboxylic acids is 2. The van der Waals surface area contributed by atoms with Gasteiger partial charge in [-0.25, -0.2) is 4.79 Å². The van der Waals surface area contributed by atoms with Gasteiger partial charge in [0, 0.05) is 5.69 Å². The first-order valence-corrected chi connectivity index (χ1v) is 7.39. The Morgan fingerprint density at radius 2 is 1.81 bits per heavy atom. The fraction of sp³-hybridized carbons (Fsp3) is 0.600. The van der Waals surface area contributed by atoms with Gasteiger partial charge in [-0.3, -0.25) is 4.79 Å². The zero-order valence-corrected chi connectivity index (χ0v) is 13.3. The lowest BCUT2D eigenvalue weighted by Gasteiger charge is -2.26. The molecule has 1 aliphatic rings. The second-order valence-electron chi connectivity index (χ2n) is 5.92. The summed E-state index contributed by atoms with van der Waals surface area (Å²) in [5, 5.41) is 0. The summed E-state index contributed by atoms with van der Waals surface area (Å²) < 4.78 is 4.77. The molecule has 0 aliphatic carbocycles. The summed E-state index contributed by atoms with van der Waals surface area (Å²) >= 11 is 0. The third-order valence-corrected chi connectivity index (χ3v) is 4.33. The minimum Gasteiger partial charge on any atom is -0.465 e. The molecule has 6 nitrogen and oxygen atoms in total. The molecule has 116 valence electrons. The highest BCUT2D eigenvalue weighted by Gasteiger charge is 2.27. The molecular weight excluding hydrogens is 270 g/mol. The SMILES string of the molecule is COC(=O)c1c(C)[nH]c(C(=O)C[NH+]2CC[NH+](C)CC2)c1C. The summed E-state index contributed by atoms with van der Waals surface area (Å²) in [5.41, 5.74) is 2.43. The number of likely N-dealkylation sites (N-methyl/N-ethyl adjacent to an activating group) is 1. The van der Waals surface area contributed by atoms with Crippen LogP contribution in [0, 0.1) is 13.8 Å². The van der Waals surface area contributed by atoms with E-state index in [9.17, 15) is 9.59 Å². The van der Waals surface area contributed by atoms with Crippen molar-refractivity contribution in [3.05, 3.63) is 22.5 Å². The number of aryl methyl sites for hydroxylation is 1. The lowest BCUT2D eigenvalue weighted by atomic mass is 10.1. The van der Waals surface area contributed by atoms with Crippen molar-refractivity contribution >= 4 is 11.8 Å². The predicted molar refractivity (Wildman–Crippen MR) is 78.1 cm³/mol. The van der Waals surface area contributed by atoms with Gasteiger partial charge in [-0.1, -0.05) is 0 Å². The van der Waals surface area contributed by atoms with Gasteiger partial charge in [-0.2, -0.15) is 0 Å². The van der Waals surface area contributed by atoms with Crippen molar-refractivity contribution in [2.24, 2.45) is 0 Å². The van der Waals surface area contributed by atoms with E-state index in [4.69, 9.17) is 4.74 Å². The van der Waals surface area contributed by atoms with Gasteiger partial charge in [0.2, 0.25) is 5.78 Å². The van der Waals surface area contributed by atoms with E-state index >= 15 is 0 Å². The molecule has 1 aromatic rings. The van der Waals surface area contributed by atoms with Crippen LogP contribution in [0.15, 0.2) is 0 Å². The molecule has 1 fully saturated rings. The standard InChI is InChI=1S/C15H23N3O3/c1-10-13(15(20)21-4)11(2)16-14(10)12(19)9-18-7-5-17(3)6-8-18/h16H,5-9H2,1-4H3/p+2. The van der Waals surface area contributed by atoms with Gasteiger partial charge in [0.1, 0.15) is 32.7 Å². The van der Waals surface area contributed by atoms with Gasteiger partial charge in [-0.15, -0.1) is 0 Å². The summed E-state index contributed by atoms with van der Waals surface area (Å²) in [7, 11) is 3.53. The third-order valence-electron chi connectivity index (χ3n) is 4.33. The van der Waals surface area contributed by atoms with E-state index in [-0.39, 0.29) is 5.78 Å². The lowest BCUT2D eigenvalue weighted by molar-refractivity contribution is -0.999. The Bertz CT molecular complexity index is 543. The fourth-order valence-corrected chi connectivity index (χ4v) is 2.96. The molecular formula is C15H25N3O3+2. The van der Waals surface area contributed by atoms with Gasteiger partial charge in [0.05, 0.1) is 25.4 Å². The van der Waals surface area contributed by atoms with E-state index in [1.54, 1.807) is 13.8 Å². The van der Waals surface area contributed by atoms with Crippen LogP contribution in [0.4, 0.5) is 0 Å². The van der Waals surface area contributed by atoms with Gasteiger partial charge >= 0.3 is 5.97 Å². The van der Waals surface area contributed by atoms with Crippen LogP contribution in [-0.2, 0) is 4.74 Å². The quantitative estimate of drug-likeness (QED) is 0.445. The largest absolute Gasteiger partial charge is 0.465 e. The summed E-state index contributed by atoms with van der Waals surface area (Å²) in [6.45, 7) is 8.29. The van der Waals surface area contributed by atoms with Crippen LogP contribution in [0.25, 0.3) is 0 Å². The number of aromatic nitrogens is 1. The van der Waals surface area contributed by atoms with Crippen LogP contribution in [0.2, 0.25) is 0 Å². The number of piperazine rings is 1. The maximum Gasteiger partial charge on any atom is 0.339 e. The molecule has 1 aliphatic heterocycles. The molecule has 3 N–H and O–H groups in total. The highest BCUT2D eigenvalue weighted by molar-refractivity contribution is 6.01. The average Bonchev–Trinajstić information content (AvgIpc) is 2.76. The molecule has 1 aromatic heterocycles. The van der Waals surface area contributed by atoms with Crippen LogP contribution in [0.3, 0.4) is 0 Å². The summed E-state index contributed by atoms with van der Waals surface area (Å²) in [6, 6.07) is 0. The molecule has 0 bridgehead atoms. The molecule has 0 unspecified atom stereocenters. The van der Waals surface area contributed by atoms with Crippen molar-refractivity contribution in [1.82, 2.24) is 4.98 Å². The molecule has 2 rings (SSSR count). The second kappa shape index (κ2) is 6.41. The molecule has 0 aromatic carbocycles. The first kappa shape index (κ1) is 15.7. The zero-order valence-electron chi connectivity index (χ0n) is 13.3. The van der Waals surface area contributed by atoms with E-state index < -0.39 is 5.97 Å². The molecule has 0 atom stereocenters. The molecule has 1 saturated heterocycles. The van der Waals surface area contributed by atoms with Crippen molar-refractivity contribution in [1.29, 1.82) is 0 Å². The third kappa shape index (κ3) is 3.33. The topological polar surface area (TPSA) is 68.0 Å². The van der Waals surface area contributed by atoms with E-state index in [0.717, 1.165) is 26.2 Å². The average molecular weight is 295 g/mol. The Kier molecular flexibility index (Phi) is 4.80. The van der Waals surface area contributed by atoms with E-state index in [0.29, 0.717) is 29.1 Å². The summed E-state index contributed by atoms with van der Waals surface area (Å²) in [6.07, 6.45) is 0. The van der Waals surface area contributed by atoms with Crippen LogP contribution < -0.4 is 9.80 Å². The number of carbonyl (C=O) groups is 2. The molecule has 0 saturated carbocycles. The number of methoxy groups -OCH3 is 1. The Morgan fingerprint density at radius 1 is 1.19 bits per heavy atom. The molecule has 6 heteroatoms. The number of H-pyrrole nitrogens is 1. The Labute approximate surface area is 125 Å². The maximum absolute atomic E-state index is 12.5. The highest BCUT2D eigenvalue weighted by Crippen LogP contribution is 2.18. The minimum absolute atomic E-state index is 0.0697. The number of quaternary nitrogens is 2. The monoisotopic (exact) mass is 295 g/mol. The molecule has 0 spiro atoms. The number of nitrogens with one attached hydrogen (secondary N) is 3. The number of hydrogen-bond acceptors (Lipinski definition) is 3. The minimum atomic E-state index is -0.393. The Balaban J connectivity index is 2.11. The number of aromatic amines is 1. The predicted octanol–water partition coefficient (Wildman–Crippen LogP) is -1.99. The molecule has 0 amide bonds. The number of ether oxygens (including phenoxy) is 1. The normalized spacial score (nSPS) is 22.1. The van der Waals surface area contributed by atoms with Gasteiger partial charge < -0.3 is 19.5 Å². The number of rotatable bonds is 4. The van der Waals surface area contributed by atoms with E-state index in [2.05, 4.69) is 12.0 Å². The van der Waals surface area contributed by atoms with Crippen molar-refractivity contribution in [3.8, 4) is 0 Å². The summed E-state index contributed by atoms with van der Waals surface area (Å²) in [4.78, 5) is 30.1.